The van der Waals surface area contributed by atoms with Crippen LogP contribution in [0.1, 0.15) is 30.0 Å². The van der Waals surface area contributed by atoms with Crippen LogP contribution in [-0.2, 0) is 6.42 Å². The number of aromatic amines is 1. The fourth-order valence-electron chi connectivity index (χ4n) is 1.05. The number of aromatic nitrogens is 2. The summed E-state index contributed by atoms with van der Waals surface area (Å²) in [6.45, 7) is 3.74. The van der Waals surface area contributed by atoms with E-state index in [1.54, 1.807) is 0 Å². The molecule has 1 heterocycles. The van der Waals surface area contributed by atoms with Gasteiger partial charge in [-0.15, -0.1) is 0 Å². The Kier molecular flexibility index (Phi) is 2.38. The molecule has 4 N–H and O–H groups in total. The summed E-state index contributed by atoms with van der Waals surface area (Å²) in [5, 5.41) is 14.8. The van der Waals surface area contributed by atoms with Gasteiger partial charge in [-0.25, -0.2) is 4.79 Å². The van der Waals surface area contributed by atoms with Gasteiger partial charge in [0.05, 0.1) is 0 Å². The smallest absolute Gasteiger partial charge is 0.356 e. The van der Waals surface area contributed by atoms with Gasteiger partial charge in [0.25, 0.3) is 0 Å². The van der Waals surface area contributed by atoms with Crippen molar-refractivity contribution in [2.24, 2.45) is 5.73 Å². The van der Waals surface area contributed by atoms with E-state index >= 15 is 0 Å². The largest absolute Gasteiger partial charge is 0.476 e. The molecule has 0 saturated heterocycles. The number of hydrogen-bond donors (Lipinski definition) is 3. The molecule has 0 radical (unpaired) electrons. The summed E-state index contributed by atoms with van der Waals surface area (Å²) in [4.78, 5) is 10.5. The van der Waals surface area contributed by atoms with E-state index in [9.17, 15) is 4.79 Å². The number of nitrogens with two attached hydrogens (primary N) is 1. The normalized spacial score (nSPS) is 11.6. The number of rotatable bonds is 3. The Hall–Kier alpha value is -1.36. The molecule has 0 fully saturated rings. The second-order valence-corrected chi connectivity index (χ2v) is 3.75. The van der Waals surface area contributed by atoms with Crippen LogP contribution in [0.15, 0.2) is 6.07 Å². The summed E-state index contributed by atoms with van der Waals surface area (Å²) in [6, 6.07) is 1.50. The number of hydrogen-bond acceptors (Lipinski definition) is 3. The predicted octanol–water partition coefficient (Wildman–Crippen LogP) is 0.388. The zero-order valence-corrected chi connectivity index (χ0v) is 7.66. The third kappa shape index (κ3) is 2.87. The highest BCUT2D eigenvalue weighted by atomic mass is 16.4. The third-order valence-corrected chi connectivity index (χ3v) is 1.50. The number of aromatic carboxylic acids is 1. The summed E-state index contributed by atoms with van der Waals surface area (Å²) in [7, 11) is 0. The lowest BCUT2D eigenvalue weighted by molar-refractivity contribution is 0.0690. The van der Waals surface area contributed by atoms with Crippen LogP contribution in [0.5, 0.6) is 0 Å². The summed E-state index contributed by atoms with van der Waals surface area (Å²) in [6.07, 6.45) is 0.577. The number of carboxylic acids is 1. The maximum atomic E-state index is 10.5. The molecule has 0 aliphatic carbocycles. The molecule has 0 aromatic carbocycles. The molecule has 0 unspecified atom stereocenters. The van der Waals surface area contributed by atoms with E-state index < -0.39 is 5.97 Å². The highest BCUT2D eigenvalue weighted by Crippen LogP contribution is 2.08. The summed E-state index contributed by atoms with van der Waals surface area (Å²) >= 11 is 0. The predicted molar refractivity (Wildman–Crippen MR) is 47.5 cm³/mol. The van der Waals surface area contributed by atoms with Crippen LogP contribution in [0.2, 0.25) is 0 Å². The Morgan fingerprint density at radius 2 is 2.38 bits per heavy atom. The third-order valence-electron chi connectivity index (χ3n) is 1.50. The monoisotopic (exact) mass is 183 g/mol. The molecule has 0 bridgehead atoms. The number of nitrogens with zero attached hydrogens (tertiary/aromatic N) is 1. The van der Waals surface area contributed by atoms with E-state index in [0.717, 1.165) is 5.69 Å². The molecular formula is C8H13N3O2. The molecule has 0 saturated carbocycles. The van der Waals surface area contributed by atoms with Gasteiger partial charge in [0.15, 0.2) is 5.69 Å². The molecule has 1 aromatic rings. The lowest BCUT2D eigenvalue weighted by Gasteiger charge is -2.16. The van der Waals surface area contributed by atoms with Crippen molar-refractivity contribution in [2.75, 3.05) is 0 Å². The minimum Gasteiger partial charge on any atom is -0.476 e. The van der Waals surface area contributed by atoms with Gasteiger partial charge in [-0.2, -0.15) is 5.10 Å². The second kappa shape index (κ2) is 3.18. The molecule has 0 amide bonds. The molecule has 5 heteroatoms. The van der Waals surface area contributed by atoms with Gasteiger partial charge in [0.1, 0.15) is 0 Å². The quantitative estimate of drug-likeness (QED) is 0.632. The molecule has 72 valence electrons. The van der Waals surface area contributed by atoms with Crippen molar-refractivity contribution in [1.29, 1.82) is 0 Å². The molecule has 0 aliphatic rings. The van der Waals surface area contributed by atoms with E-state index in [1.165, 1.54) is 6.07 Å². The number of nitrogens with one attached hydrogen (secondary N) is 1. The van der Waals surface area contributed by atoms with Gasteiger partial charge >= 0.3 is 5.97 Å². The standard InChI is InChI=1S/C8H13N3O2/c1-8(2,9)4-5-3-6(7(12)13)11-10-5/h3H,4,9H2,1-2H3,(H,10,11)(H,12,13). The summed E-state index contributed by atoms with van der Waals surface area (Å²) < 4.78 is 0. The minimum absolute atomic E-state index is 0.0271. The fourth-order valence-corrected chi connectivity index (χ4v) is 1.05. The summed E-state index contributed by atoms with van der Waals surface area (Å²) in [5.74, 6) is -1.03. The van der Waals surface area contributed by atoms with Crippen LogP contribution in [-0.4, -0.2) is 26.8 Å². The average molecular weight is 183 g/mol. The molecule has 5 nitrogen and oxygen atoms in total. The van der Waals surface area contributed by atoms with Crippen LogP contribution in [0.3, 0.4) is 0 Å². The van der Waals surface area contributed by atoms with Gasteiger partial charge < -0.3 is 10.8 Å². The maximum Gasteiger partial charge on any atom is 0.356 e. The van der Waals surface area contributed by atoms with Crippen LogP contribution in [0, 0.1) is 0 Å². The van der Waals surface area contributed by atoms with Gasteiger partial charge in [0.2, 0.25) is 0 Å². The first kappa shape index (κ1) is 9.73. The van der Waals surface area contributed by atoms with Crippen LogP contribution >= 0.6 is 0 Å². The van der Waals surface area contributed by atoms with Crippen molar-refractivity contribution >= 4 is 5.97 Å². The van der Waals surface area contributed by atoms with Crippen LogP contribution in [0.4, 0.5) is 0 Å². The van der Waals surface area contributed by atoms with Gasteiger partial charge in [-0.05, 0) is 19.9 Å². The van der Waals surface area contributed by atoms with Crippen molar-refractivity contribution in [3.8, 4) is 0 Å². The molecule has 0 spiro atoms. The molecule has 13 heavy (non-hydrogen) atoms. The van der Waals surface area contributed by atoms with E-state index in [4.69, 9.17) is 10.8 Å². The van der Waals surface area contributed by atoms with Crippen LogP contribution < -0.4 is 5.73 Å². The summed E-state index contributed by atoms with van der Waals surface area (Å²) in [5.41, 5.74) is 6.17. The molecular weight excluding hydrogens is 170 g/mol. The topological polar surface area (TPSA) is 92.0 Å². The van der Waals surface area contributed by atoms with Crippen molar-refractivity contribution in [3.63, 3.8) is 0 Å². The maximum absolute atomic E-state index is 10.5. The second-order valence-electron chi connectivity index (χ2n) is 3.75. The molecule has 1 rings (SSSR count). The molecule has 1 aromatic heterocycles. The van der Waals surface area contributed by atoms with E-state index in [2.05, 4.69) is 10.2 Å². The molecule has 0 atom stereocenters. The fraction of sp³-hybridized carbons (Fsp3) is 0.500. The highest BCUT2D eigenvalue weighted by molar-refractivity contribution is 5.85. The van der Waals surface area contributed by atoms with Gasteiger partial charge in [-0.3, -0.25) is 5.10 Å². The SMILES string of the molecule is CC(C)(N)Cc1cc(C(=O)O)n[nH]1. The lowest BCUT2D eigenvalue weighted by Crippen LogP contribution is -2.34. The Balaban J connectivity index is 2.75. The number of carbonyl (C=O) groups is 1. The highest BCUT2D eigenvalue weighted by Gasteiger charge is 2.15. The number of H-pyrrole nitrogens is 1. The van der Waals surface area contributed by atoms with Crippen molar-refractivity contribution < 1.29 is 9.90 Å². The lowest BCUT2D eigenvalue weighted by atomic mass is 10.0. The van der Waals surface area contributed by atoms with Crippen molar-refractivity contribution in [1.82, 2.24) is 10.2 Å². The molecule has 0 aliphatic heterocycles. The Morgan fingerprint density at radius 3 is 2.77 bits per heavy atom. The van der Waals surface area contributed by atoms with Crippen LogP contribution in [0.25, 0.3) is 0 Å². The van der Waals surface area contributed by atoms with Crippen molar-refractivity contribution in [2.45, 2.75) is 25.8 Å². The Bertz CT molecular complexity index is 311. The zero-order chi connectivity index (χ0) is 10.1. The average Bonchev–Trinajstić information content (AvgIpc) is 2.31. The minimum atomic E-state index is -1.03. The Labute approximate surface area is 75.9 Å². The van der Waals surface area contributed by atoms with E-state index in [-0.39, 0.29) is 11.2 Å². The van der Waals surface area contributed by atoms with Gasteiger partial charge in [-0.1, -0.05) is 0 Å². The zero-order valence-electron chi connectivity index (χ0n) is 7.66. The van der Waals surface area contributed by atoms with E-state index in [1.807, 2.05) is 13.8 Å². The number of carboxylic acid groups (broad SMARTS) is 1. The Morgan fingerprint density at radius 1 is 1.77 bits per heavy atom. The first-order valence-corrected chi connectivity index (χ1v) is 3.95. The first-order valence-electron chi connectivity index (χ1n) is 3.95. The van der Waals surface area contributed by atoms with E-state index in [0.29, 0.717) is 6.42 Å². The van der Waals surface area contributed by atoms with Crippen molar-refractivity contribution in [3.05, 3.63) is 17.5 Å². The van der Waals surface area contributed by atoms with Gasteiger partial charge in [0, 0.05) is 17.7 Å². The first-order chi connectivity index (χ1) is 5.88.